The first-order valence-electron chi connectivity index (χ1n) is 5.18. The summed E-state index contributed by atoms with van der Waals surface area (Å²) in [6.07, 6.45) is 0.951. The van der Waals surface area contributed by atoms with E-state index in [2.05, 4.69) is 24.3 Å². The SMILES string of the molecule is C/C(=N\O[C@@H]1CN[C@H](CO)C1)C(C)C. The number of nitrogens with one attached hydrogen (secondary N) is 1. The lowest BCUT2D eigenvalue weighted by molar-refractivity contribution is 0.0689. The maximum absolute atomic E-state index is 8.90. The molecule has 0 aromatic carbocycles. The topological polar surface area (TPSA) is 53.8 Å². The highest BCUT2D eigenvalue weighted by molar-refractivity contribution is 5.83. The largest absolute Gasteiger partial charge is 0.395 e. The predicted molar refractivity (Wildman–Crippen MR) is 56.3 cm³/mol. The Morgan fingerprint density at radius 2 is 2.36 bits per heavy atom. The lowest BCUT2D eigenvalue weighted by atomic mass is 10.1. The summed E-state index contributed by atoms with van der Waals surface area (Å²) < 4.78 is 0. The Bertz CT molecular complexity index is 204. The van der Waals surface area contributed by atoms with E-state index in [-0.39, 0.29) is 18.8 Å². The Morgan fingerprint density at radius 1 is 1.64 bits per heavy atom. The summed E-state index contributed by atoms with van der Waals surface area (Å²) in [6, 6.07) is 0.176. The van der Waals surface area contributed by atoms with Crippen LogP contribution in [0.4, 0.5) is 0 Å². The van der Waals surface area contributed by atoms with Gasteiger partial charge in [0.05, 0.1) is 12.3 Å². The Labute approximate surface area is 85.3 Å². The monoisotopic (exact) mass is 200 g/mol. The molecule has 0 bridgehead atoms. The number of oxime groups is 1. The number of aliphatic hydroxyl groups is 1. The van der Waals surface area contributed by atoms with Crippen molar-refractivity contribution in [1.29, 1.82) is 0 Å². The third-order valence-electron chi connectivity index (χ3n) is 2.58. The van der Waals surface area contributed by atoms with Gasteiger partial charge in [0.2, 0.25) is 0 Å². The third kappa shape index (κ3) is 3.27. The van der Waals surface area contributed by atoms with Gasteiger partial charge in [-0.2, -0.15) is 0 Å². The fraction of sp³-hybridized carbons (Fsp3) is 0.900. The maximum atomic E-state index is 8.90. The molecular weight excluding hydrogens is 180 g/mol. The minimum absolute atomic E-state index is 0.112. The zero-order chi connectivity index (χ0) is 10.6. The number of nitrogens with zero attached hydrogens (tertiary/aromatic N) is 1. The van der Waals surface area contributed by atoms with E-state index in [9.17, 15) is 0 Å². The van der Waals surface area contributed by atoms with Crippen molar-refractivity contribution >= 4 is 5.71 Å². The molecule has 1 heterocycles. The van der Waals surface area contributed by atoms with Crippen LogP contribution in [-0.2, 0) is 4.84 Å². The summed E-state index contributed by atoms with van der Waals surface area (Å²) in [5.74, 6) is 0.429. The van der Waals surface area contributed by atoms with E-state index in [4.69, 9.17) is 9.94 Å². The van der Waals surface area contributed by atoms with Gasteiger partial charge in [-0.05, 0) is 12.8 Å². The van der Waals surface area contributed by atoms with Gasteiger partial charge in [0.1, 0.15) is 6.10 Å². The Kier molecular flexibility index (Phi) is 4.35. The predicted octanol–water partition coefficient (Wildman–Crippen LogP) is 0.758. The third-order valence-corrected chi connectivity index (χ3v) is 2.58. The van der Waals surface area contributed by atoms with E-state index in [0.29, 0.717) is 5.92 Å². The fourth-order valence-electron chi connectivity index (χ4n) is 1.26. The van der Waals surface area contributed by atoms with Gasteiger partial charge in [-0.3, -0.25) is 0 Å². The molecule has 82 valence electrons. The molecule has 2 N–H and O–H groups in total. The molecular formula is C10H20N2O2. The molecule has 0 spiro atoms. The molecule has 0 aliphatic carbocycles. The van der Waals surface area contributed by atoms with Crippen molar-refractivity contribution in [1.82, 2.24) is 5.32 Å². The van der Waals surface area contributed by atoms with Crippen LogP contribution < -0.4 is 5.32 Å². The van der Waals surface area contributed by atoms with E-state index >= 15 is 0 Å². The highest BCUT2D eigenvalue weighted by atomic mass is 16.6. The summed E-state index contributed by atoms with van der Waals surface area (Å²) in [4.78, 5) is 5.37. The van der Waals surface area contributed by atoms with E-state index in [1.807, 2.05) is 6.92 Å². The molecule has 0 radical (unpaired) electrons. The molecule has 1 aliphatic rings. The second-order valence-electron chi connectivity index (χ2n) is 4.14. The zero-order valence-corrected chi connectivity index (χ0v) is 9.16. The van der Waals surface area contributed by atoms with Crippen LogP contribution in [0.1, 0.15) is 27.2 Å². The van der Waals surface area contributed by atoms with E-state index in [1.54, 1.807) is 0 Å². The van der Waals surface area contributed by atoms with Crippen LogP contribution in [0.25, 0.3) is 0 Å². The second kappa shape index (κ2) is 5.32. The molecule has 1 aliphatic heterocycles. The fourth-order valence-corrected chi connectivity index (χ4v) is 1.26. The minimum atomic E-state index is 0.112. The summed E-state index contributed by atoms with van der Waals surface area (Å²) in [5, 5.41) is 16.1. The molecule has 0 aromatic rings. The van der Waals surface area contributed by atoms with Crippen molar-refractivity contribution in [3.05, 3.63) is 0 Å². The lowest BCUT2D eigenvalue weighted by Gasteiger charge is -2.09. The van der Waals surface area contributed by atoms with E-state index < -0.39 is 0 Å². The Morgan fingerprint density at radius 3 is 2.86 bits per heavy atom. The molecule has 0 saturated carbocycles. The molecule has 0 aromatic heterocycles. The van der Waals surface area contributed by atoms with Crippen molar-refractivity contribution in [2.75, 3.05) is 13.2 Å². The molecule has 14 heavy (non-hydrogen) atoms. The van der Waals surface area contributed by atoms with Crippen molar-refractivity contribution in [2.24, 2.45) is 11.1 Å². The van der Waals surface area contributed by atoms with E-state index in [0.717, 1.165) is 18.7 Å². The molecule has 0 unspecified atom stereocenters. The van der Waals surface area contributed by atoms with Gasteiger partial charge in [-0.1, -0.05) is 19.0 Å². The summed E-state index contributed by atoms with van der Waals surface area (Å²) in [5.41, 5.74) is 1.01. The second-order valence-corrected chi connectivity index (χ2v) is 4.14. The Balaban J connectivity index is 2.29. The summed E-state index contributed by atoms with van der Waals surface area (Å²) >= 11 is 0. The molecule has 2 atom stereocenters. The van der Waals surface area contributed by atoms with Crippen LogP contribution in [0.15, 0.2) is 5.16 Å². The van der Waals surface area contributed by atoms with Crippen LogP contribution in [0.3, 0.4) is 0 Å². The van der Waals surface area contributed by atoms with Gasteiger partial charge in [0.15, 0.2) is 0 Å². The zero-order valence-electron chi connectivity index (χ0n) is 9.16. The van der Waals surface area contributed by atoms with Gasteiger partial charge in [0, 0.05) is 19.0 Å². The summed E-state index contributed by atoms with van der Waals surface area (Å²) in [6.45, 7) is 7.10. The maximum Gasteiger partial charge on any atom is 0.141 e. The first-order valence-corrected chi connectivity index (χ1v) is 5.18. The first kappa shape index (κ1) is 11.5. The average molecular weight is 200 g/mol. The van der Waals surface area contributed by atoms with Crippen molar-refractivity contribution in [3.8, 4) is 0 Å². The number of rotatable bonds is 4. The van der Waals surface area contributed by atoms with Gasteiger partial charge in [0.25, 0.3) is 0 Å². The Hall–Kier alpha value is -0.610. The molecule has 0 amide bonds. The van der Waals surface area contributed by atoms with Crippen LogP contribution in [0.5, 0.6) is 0 Å². The number of hydrogen-bond acceptors (Lipinski definition) is 4. The average Bonchev–Trinajstić information content (AvgIpc) is 2.61. The van der Waals surface area contributed by atoms with Gasteiger partial charge < -0.3 is 15.3 Å². The van der Waals surface area contributed by atoms with Crippen molar-refractivity contribution < 1.29 is 9.94 Å². The quantitative estimate of drug-likeness (QED) is 0.520. The first-order chi connectivity index (χ1) is 6.63. The van der Waals surface area contributed by atoms with E-state index in [1.165, 1.54) is 0 Å². The normalized spacial score (nSPS) is 28.5. The lowest BCUT2D eigenvalue weighted by Crippen LogP contribution is -2.24. The number of aliphatic hydroxyl groups excluding tert-OH is 1. The van der Waals surface area contributed by atoms with Crippen molar-refractivity contribution in [3.63, 3.8) is 0 Å². The van der Waals surface area contributed by atoms with Gasteiger partial charge in [-0.25, -0.2) is 0 Å². The number of hydrogen-bond donors (Lipinski definition) is 2. The van der Waals surface area contributed by atoms with Gasteiger partial charge in [-0.15, -0.1) is 0 Å². The molecule has 1 fully saturated rings. The van der Waals surface area contributed by atoms with Crippen molar-refractivity contribution in [2.45, 2.75) is 39.3 Å². The van der Waals surface area contributed by atoms with Crippen LogP contribution in [0.2, 0.25) is 0 Å². The molecule has 1 saturated heterocycles. The summed E-state index contributed by atoms with van der Waals surface area (Å²) in [7, 11) is 0. The highest BCUT2D eigenvalue weighted by Crippen LogP contribution is 2.10. The van der Waals surface area contributed by atoms with Crippen LogP contribution in [0, 0.1) is 5.92 Å². The molecule has 4 nitrogen and oxygen atoms in total. The minimum Gasteiger partial charge on any atom is -0.395 e. The van der Waals surface area contributed by atoms with Crippen LogP contribution >= 0.6 is 0 Å². The van der Waals surface area contributed by atoms with Gasteiger partial charge >= 0.3 is 0 Å². The molecule has 4 heteroatoms. The standard InChI is InChI=1S/C10H20N2O2/c1-7(2)8(3)12-14-10-4-9(6-13)11-5-10/h7,9-11,13H,4-6H2,1-3H3/b12-8+/t9-,10-/m0/s1. The highest BCUT2D eigenvalue weighted by Gasteiger charge is 2.24. The smallest absolute Gasteiger partial charge is 0.141 e. The van der Waals surface area contributed by atoms with Crippen LogP contribution in [-0.4, -0.2) is 36.1 Å². The molecule has 1 rings (SSSR count).